The maximum absolute atomic E-state index is 12.8. The molecule has 5 nitrogen and oxygen atoms in total. The number of carbonyl (C=O) groups is 2. The molecule has 138 valence electrons. The Labute approximate surface area is 143 Å². The third-order valence-electron chi connectivity index (χ3n) is 4.15. The van der Waals surface area contributed by atoms with Crippen molar-refractivity contribution in [2.45, 2.75) is 31.9 Å². The molecule has 1 unspecified atom stereocenters. The number of hydrogen-bond donors (Lipinski definition) is 1. The fourth-order valence-corrected chi connectivity index (χ4v) is 2.71. The summed E-state index contributed by atoms with van der Waals surface area (Å²) in [6, 6.07) is 6.62. The van der Waals surface area contributed by atoms with Crippen LogP contribution in [0.25, 0.3) is 0 Å². The predicted molar refractivity (Wildman–Crippen MR) is 83.3 cm³/mol. The average Bonchev–Trinajstić information content (AvgIpc) is 2.58. The van der Waals surface area contributed by atoms with Crippen molar-refractivity contribution in [1.82, 2.24) is 4.90 Å². The SMILES string of the molecule is O=C(O)CCc1ccc(OCC(=O)N2CCCC(C(F)(F)F)C2)cc1. The molecule has 8 heteroatoms. The lowest BCUT2D eigenvalue weighted by atomic mass is 9.97. The van der Waals surface area contributed by atoms with Gasteiger partial charge in [0.25, 0.3) is 5.91 Å². The lowest BCUT2D eigenvalue weighted by Crippen LogP contribution is -2.46. The van der Waals surface area contributed by atoms with E-state index in [0.717, 1.165) is 5.56 Å². The Kier molecular flexibility index (Phi) is 6.27. The van der Waals surface area contributed by atoms with Gasteiger partial charge in [0.1, 0.15) is 5.75 Å². The molecule has 1 aliphatic rings. The van der Waals surface area contributed by atoms with Crippen LogP contribution in [0.1, 0.15) is 24.8 Å². The number of alkyl halides is 3. The summed E-state index contributed by atoms with van der Waals surface area (Å²) in [4.78, 5) is 23.8. The van der Waals surface area contributed by atoms with Crippen LogP contribution >= 0.6 is 0 Å². The number of carbonyl (C=O) groups excluding carboxylic acids is 1. The van der Waals surface area contributed by atoms with Crippen LogP contribution in [0.2, 0.25) is 0 Å². The average molecular weight is 359 g/mol. The second kappa shape index (κ2) is 8.22. The van der Waals surface area contributed by atoms with Crippen molar-refractivity contribution >= 4 is 11.9 Å². The molecular weight excluding hydrogens is 339 g/mol. The van der Waals surface area contributed by atoms with Gasteiger partial charge in [-0.1, -0.05) is 12.1 Å². The van der Waals surface area contributed by atoms with Crippen molar-refractivity contribution in [2.24, 2.45) is 5.92 Å². The molecule has 1 fully saturated rings. The van der Waals surface area contributed by atoms with Gasteiger partial charge < -0.3 is 14.7 Å². The largest absolute Gasteiger partial charge is 0.484 e. The Morgan fingerprint density at radius 3 is 2.52 bits per heavy atom. The molecule has 0 saturated carbocycles. The first-order valence-corrected chi connectivity index (χ1v) is 8.03. The fourth-order valence-electron chi connectivity index (χ4n) is 2.71. The Morgan fingerprint density at radius 2 is 1.92 bits per heavy atom. The Morgan fingerprint density at radius 1 is 1.24 bits per heavy atom. The Balaban J connectivity index is 1.82. The van der Waals surface area contributed by atoms with Crippen molar-refractivity contribution in [3.63, 3.8) is 0 Å². The third kappa shape index (κ3) is 5.95. The number of ether oxygens (including phenoxy) is 1. The standard InChI is InChI=1S/C17H20F3NO4/c18-17(19,20)13-2-1-9-21(10-13)15(22)11-25-14-6-3-12(4-7-14)5-8-16(23)24/h3-4,6-7,13H,1-2,5,8-11H2,(H,23,24). The van der Waals surface area contributed by atoms with Crippen molar-refractivity contribution in [1.29, 1.82) is 0 Å². The number of aryl methyl sites for hydroxylation is 1. The van der Waals surface area contributed by atoms with Crippen molar-refractivity contribution < 1.29 is 32.6 Å². The molecule has 1 aromatic carbocycles. The quantitative estimate of drug-likeness (QED) is 0.848. The number of rotatable bonds is 6. The zero-order chi connectivity index (χ0) is 18.4. The summed E-state index contributed by atoms with van der Waals surface area (Å²) < 4.78 is 43.7. The van der Waals surface area contributed by atoms with Crippen LogP contribution < -0.4 is 4.74 Å². The Hall–Kier alpha value is -2.25. The summed E-state index contributed by atoms with van der Waals surface area (Å²) >= 11 is 0. The van der Waals surface area contributed by atoms with E-state index >= 15 is 0 Å². The van der Waals surface area contributed by atoms with Gasteiger partial charge in [0.05, 0.1) is 5.92 Å². The van der Waals surface area contributed by atoms with E-state index in [1.54, 1.807) is 24.3 Å². The fraction of sp³-hybridized carbons (Fsp3) is 0.529. The van der Waals surface area contributed by atoms with Gasteiger partial charge in [0, 0.05) is 19.5 Å². The minimum Gasteiger partial charge on any atom is -0.484 e. The van der Waals surface area contributed by atoms with Gasteiger partial charge in [-0.15, -0.1) is 0 Å². The molecule has 1 heterocycles. The predicted octanol–water partition coefficient (Wildman–Crippen LogP) is 2.88. The highest BCUT2D eigenvalue weighted by Gasteiger charge is 2.42. The maximum Gasteiger partial charge on any atom is 0.393 e. The van der Waals surface area contributed by atoms with Gasteiger partial charge in [-0.05, 0) is 37.0 Å². The number of carboxylic acids is 1. The summed E-state index contributed by atoms with van der Waals surface area (Å²) in [6.45, 7) is -0.332. The summed E-state index contributed by atoms with van der Waals surface area (Å²) in [5.74, 6) is -2.41. The highest BCUT2D eigenvalue weighted by atomic mass is 19.4. The van der Waals surface area contributed by atoms with Crippen molar-refractivity contribution in [2.75, 3.05) is 19.7 Å². The third-order valence-corrected chi connectivity index (χ3v) is 4.15. The van der Waals surface area contributed by atoms with Crippen molar-refractivity contribution in [3.8, 4) is 5.75 Å². The number of halogens is 3. The van der Waals surface area contributed by atoms with E-state index in [1.807, 2.05) is 0 Å². The minimum absolute atomic E-state index is 0.0218. The first kappa shape index (κ1) is 19.1. The molecule has 0 aromatic heterocycles. The van der Waals surface area contributed by atoms with Crippen LogP contribution in [0.5, 0.6) is 5.75 Å². The van der Waals surface area contributed by atoms with Gasteiger partial charge in [0.15, 0.2) is 6.61 Å². The number of likely N-dealkylation sites (tertiary alicyclic amines) is 1. The van der Waals surface area contributed by atoms with Crippen LogP contribution in [0, 0.1) is 5.92 Å². The molecule has 0 aliphatic carbocycles. The number of carboxylic acid groups (broad SMARTS) is 1. The van der Waals surface area contributed by atoms with E-state index in [0.29, 0.717) is 25.1 Å². The second-order valence-electron chi connectivity index (χ2n) is 6.05. The normalized spacial score (nSPS) is 18.0. The van der Waals surface area contributed by atoms with E-state index in [-0.39, 0.29) is 26.0 Å². The van der Waals surface area contributed by atoms with Crippen LogP contribution in [-0.2, 0) is 16.0 Å². The molecule has 1 aliphatic heterocycles. The number of benzene rings is 1. The smallest absolute Gasteiger partial charge is 0.393 e. The number of amides is 1. The van der Waals surface area contributed by atoms with Crippen LogP contribution in [0.4, 0.5) is 13.2 Å². The van der Waals surface area contributed by atoms with Gasteiger partial charge in [-0.2, -0.15) is 13.2 Å². The highest BCUT2D eigenvalue weighted by Crippen LogP contribution is 2.33. The summed E-state index contributed by atoms with van der Waals surface area (Å²) in [6.07, 6.45) is -3.50. The van der Waals surface area contributed by atoms with E-state index in [2.05, 4.69) is 0 Å². The van der Waals surface area contributed by atoms with E-state index in [1.165, 1.54) is 4.90 Å². The number of nitrogens with zero attached hydrogens (tertiary/aromatic N) is 1. The molecule has 0 bridgehead atoms. The zero-order valence-electron chi connectivity index (χ0n) is 13.6. The van der Waals surface area contributed by atoms with Gasteiger partial charge in [0.2, 0.25) is 0 Å². The molecular formula is C17H20F3NO4. The van der Waals surface area contributed by atoms with E-state index < -0.39 is 24.0 Å². The summed E-state index contributed by atoms with van der Waals surface area (Å²) in [5.41, 5.74) is 0.824. The summed E-state index contributed by atoms with van der Waals surface area (Å²) in [7, 11) is 0. The topological polar surface area (TPSA) is 66.8 Å². The molecule has 25 heavy (non-hydrogen) atoms. The number of piperidine rings is 1. The molecule has 1 saturated heterocycles. The summed E-state index contributed by atoms with van der Waals surface area (Å²) in [5, 5.41) is 8.63. The minimum atomic E-state index is -4.29. The lowest BCUT2D eigenvalue weighted by molar-refractivity contribution is -0.188. The van der Waals surface area contributed by atoms with E-state index in [9.17, 15) is 22.8 Å². The van der Waals surface area contributed by atoms with Crippen LogP contribution in [-0.4, -0.2) is 47.8 Å². The Bertz CT molecular complexity index is 601. The zero-order valence-corrected chi connectivity index (χ0v) is 13.6. The first-order chi connectivity index (χ1) is 11.8. The lowest BCUT2D eigenvalue weighted by Gasteiger charge is -2.33. The number of hydrogen-bond acceptors (Lipinski definition) is 3. The highest BCUT2D eigenvalue weighted by molar-refractivity contribution is 5.77. The molecule has 1 atom stereocenters. The molecule has 0 radical (unpaired) electrons. The molecule has 1 aromatic rings. The number of aliphatic carboxylic acids is 1. The first-order valence-electron chi connectivity index (χ1n) is 8.03. The van der Waals surface area contributed by atoms with Crippen LogP contribution in [0.15, 0.2) is 24.3 Å². The van der Waals surface area contributed by atoms with E-state index in [4.69, 9.17) is 9.84 Å². The monoisotopic (exact) mass is 359 g/mol. The molecule has 0 spiro atoms. The molecule has 2 rings (SSSR count). The molecule has 1 amide bonds. The van der Waals surface area contributed by atoms with Gasteiger partial charge >= 0.3 is 12.1 Å². The molecule has 1 N–H and O–H groups in total. The van der Waals surface area contributed by atoms with Crippen molar-refractivity contribution in [3.05, 3.63) is 29.8 Å². The van der Waals surface area contributed by atoms with Gasteiger partial charge in [-0.3, -0.25) is 9.59 Å². The van der Waals surface area contributed by atoms with Crippen LogP contribution in [0.3, 0.4) is 0 Å². The van der Waals surface area contributed by atoms with Gasteiger partial charge in [-0.25, -0.2) is 0 Å². The maximum atomic E-state index is 12.8. The second-order valence-corrected chi connectivity index (χ2v) is 6.05.